The number of hydrogen-bond acceptors (Lipinski definition) is 3. The molecule has 0 aromatic heterocycles. The third-order valence-corrected chi connectivity index (χ3v) is 3.30. The van der Waals surface area contributed by atoms with Gasteiger partial charge in [-0.15, -0.1) is 0 Å². The third-order valence-electron chi connectivity index (χ3n) is 3.30. The highest BCUT2D eigenvalue weighted by Crippen LogP contribution is 2.19. The van der Waals surface area contributed by atoms with Crippen LogP contribution in [0.1, 0.15) is 12.0 Å². The molecule has 1 aromatic carbocycles. The molecular formula is C15H19NO3. The topological polar surface area (TPSA) is 58.6 Å². The molecule has 19 heavy (non-hydrogen) atoms. The van der Waals surface area contributed by atoms with Gasteiger partial charge in [-0.3, -0.25) is 4.79 Å². The highest BCUT2D eigenvalue weighted by atomic mass is 16.5. The summed E-state index contributed by atoms with van der Waals surface area (Å²) in [5, 5.41) is 12.0. The predicted octanol–water partition coefficient (Wildman–Crippen LogP) is 1.29. The molecule has 1 aromatic rings. The van der Waals surface area contributed by atoms with E-state index in [1.54, 1.807) is 7.11 Å². The fraction of sp³-hybridized carbons (Fsp3) is 0.400. The molecule has 102 valence electrons. The number of nitrogens with one attached hydrogen (secondary N) is 1. The highest BCUT2D eigenvalue weighted by molar-refractivity contribution is 5.79. The quantitative estimate of drug-likeness (QED) is 0.785. The summed E-state index contributed by atoms with van der Waals surface area (Å²) in [4.78, 5) is 12.0. The van der Waals surface area contributed by atoms with Crippen molar-refractivity contribution in [1.82, 2.24) is 5.32 Å². The summed E-state index contributed by atoms with van der Waals surface area (Å²) < 4.78 is 5.22. The van der Waals surface area contributed by atoms with Gasteiger partial charge in [0.05, 0.1) is 13.5 Å². The Morgan fingerprint density at radius 1 is 1.42 bits per heavy atom. The second kappa shape index (κ2) is 6.38. The number of aliphatic hydroxyl groups excluding tert-OH is 1. The number of amides is 1. The zero-order valence-electron chi connectivity index (χ0n) is 11.0. The van der Waals surface area contributed by atoms with Crippen molar-refractivity contribution in [3.63, 3.8) is 0 Å². The van der Waals surface area contributed by atoms with Crippen LogP contribution in [0.3, 0.4) is 0 Å². The summed E-state index contributed by atoms with van der Waals surface area (Å²) in [6, 6.07) is 7.53. The average molecular weight is 261 g/mol. The van der Waals surface area contributed by atoms with Gasteiger partial charge >= 0.3 is 0 Å². The van der Waals surface area contributed by atoms with E-state index >= 15 is 0 Å². The lowest BCUT2D eigenvalue weighted by Gasteiger charge is -2.13. The lowest BCUT2D eigenvalue weighted by molar-refractivity contribution is -0.120. The van der Waals surface area contributed by atoms with Crippen molar-refractivity contribution in [2.75, 3.05) is 13.7 Å². The Hall–Kier alpha value is -1.81. The number of benzene rings is 1. The van der Waals surface area contributed by atoms with Gasteiger partial charge < -0.3 is 15.2 Å². The first-order valence-electron chi connectivity index (χ1n) is 6.43. The summed E-state index contributed by atoms with van der Waals surface area (Å²) >= 11 is 0. The standard InChI is InChI=1S/C15H19NO3/c1-19-14-5-3-2-4-12(14)9-15(18)16-13-7-6-11(8-13)10-17/h2-7,11,13,17H,8-10H2,1H3,(H,16,18)/t11-,13+/m0/s1. The monoisotopic (exact) mass is 261 g/mol. The van der Waals surface area contributed by atoms with Gasteiger partial charge in [0.15, 0.2) is 0 Å². The summed E-state index contributed by atoms with van der Waals surface area (Å²) in [6.07, 6.45) is 4.97. The predicted molar refractivity (Wildman–Crippen MR) is 73.0 cm³/mol. The van der Waals surface area contributed by atoms with Gasteiger partial charge in [-0.2, -0.15) is 0 Å². The average Bonchev–Trinajstić information content (AvgIpc) is 2.87. The van der Waals surface area contributed by atoms with Gasteiger partial charge in [-0.25, -0.2) is 0 Å². The summed E-state index contributed by atoms with van der Waals surface area (Å²) in [5.74, 6) is 0.863. The minimum absolute atomic E-state index is 0.0272. The molecule has 2 N–H and O–H groups in total. The first-order valence-corrected chi connectivity index (χ1v) is 6.43. The molecule has 0 aliphatic heterocycles. The number of hydrogen-bond donors (Lipinski definition) is 2. The molecule has 0 spiro atoms. The van der Waals surface area contributed by atoms with Gasteiger partial charge in [0.25, 0.3) is 0 Å². The molecule has 2 atom stereocenters. The van der Waals surface area contributed by atoms with Gasteiger partial charge in [0.1, 0.15) is 5.75 Å². The van der Waals surface area contributed by atoms with E-state index in [0.717, 1.165) is 17.7 Å². The Kier molecular flexibility index (Phi) is 4.58. The van der Waals surface area contributed by atoms with Crippen LogP contribution in [0.15, 0.2) is 36.4 Å². The molecule has 0 saturated heterocycles. The zero-order chi connectivity index (χ0) is 13.7. The number of carbonyl (C=O) groups is 1. The highest BCUT2D eigenvalue weighted by Gasteiger charge is 2.20. The fourth-order valence-electron chi connectivity index (χ4n) is 2.30. The maximum atomic E-state index is 12.0. The summed E-state index contributed by atoms with van der Waals surface area (Å²) in [7, 11) is 1.60. The molecule has 4 nitrogen and oxygen atoms in total. The zero-order valence-corrected chi connectivity index (χ0v) is 11.0. The molecule has 1 aliphatic rings. The van der Waals surface area contributed by atoms with Crippen LogP contribution in [0.5, 0.6) is 5.75 Å². The second-order valence-electron chi connectivity index (χ2n) is 4.73. The Balaban J connectivity index is 1.90. The minimum Gasteiger partial charge on any atom is -0.496 e. The number of methoxy groups -OCH3 is 1. The van der Waals surface area contributed by atoms with Crippen LogP contribution in [0, 0.1) is 5.92 Å². The lowest BCUT2D eigenvalue weighted by Crippen LogP contribution is -2.34. The van der Waals surface area contributed by atoms with Gasteiger partial charge in [0, 0.05) is 24.1 Å². The number of carbonyl (C=O) groups excluding carboxylic acids is 1. The fourth-order valence-corrected chi connectivity index (χ4v) is 2.30. The number of rotatable bonds is 5. The first kappa shape index (κ1) is 13.6. The van der Waals surface area contributed by atoms with Crippen LogP contribution in [0.25, 0.3) is 0 Å². The molecule has 0 bridgehead atoms. The minimum atomic E-state index is -0.0299. The van der Waals surface area contributed by atoms with Crippen LogP contribution in [-0.2, 0) is 11.2 Å². The van der Waals surface area contributed by atoms with Crippen LogP contribution in [0.4, 0.5) is 0 Å². The molecule has 0 radical (unpaired) electrons. The van der Waals surface area contributed by atoms with E-state index in [1.807, 2.05) is 36.4 Å². The van der Waals surface area contributed by atoms with E-state index in [1.165, 1.54) is 0 Å². The Morgan fingerprint density at radius 3 is 2.89 bits per heavy atom. The van der Waals surface area contributed by atoms with Crippen molar-refractivity contribution in [2.24, 2.45) is 5.92 Å². The lowest BCUT2D eigenvalue weighted by atomic mass is 10.1. The van der Waals surface area contributed by atoms with Crippen molar-refractivity contribution in [2.45, 2.75) is 18.9 Å². The van der Waals surface area contributed by atoms with Gasteiger partial charge in [-0.05, 0) is 12.5 Å². The van der Waals surface area contributed by atoms with E-state index in [9.17, 15) is 4.79 Å². The van der Waals surface area contributed by atoms with E-state index in [0.29, 0.717) is 6.42 Å². The molecule has 1 amide bonds. The third kappa shape index (κ3) is 3.58. The van der Waals surface area contributed by atoms with Crippen LogP contribution < -0.4 is 10.1 Å². The van der Waals surface area contributed by atoms with Crippen molar-refractivity contribution in [3.05, 3.63) is 42.0 Å². The molecule has 1 aliphatic carbocycles. The SMILES string of the molecule is COc1ccccc1CC(=O)N[C@@H]1C=C[C@H](CO)C1. The molecule has 0 heterocycles. The van der Waals surface area contributed by atoms with Crippen LogP contribution in [0.2, 0.25) is 0 Å². The van der Waals surface area contributed by atoms with Crippen molar-refractivity contribution < 1.29 is 14.6 Å². The maximum absolute atomic E-state index is 12.0. The Labute approximate surface area is 113 Å². The second-order valence-corrected chi connectivity index (χ2v) is 4.73. The molecule has 0 saturated carbocycles. The molecule has 2 rings (SSSR count). The van der Waals surface area contributed by atoms with Crippen molar-refractivity contribution >= 4 is 5.91 Å². The molecule has 0 unspecified atom stereocenters. The molecular weight excluding hydrogens is 242 g/mol. The summed E-state index contributed by atoms with van der Waals surface area (Å²) in [5.41, 5.74) is 0.878. The first-order chi connectivity index (χ1) is 9.22. The van der Waals surface area contributed by atoms with Gasteiger partial charge in [-0.1, -0.05) is 30.4 Å². The van der Waals surface area contributed by atoms with E-state index < -0.39 is 0 Å². The number of para-hydroxylation sites is 1. The molecule has 4 heteroatoms. The molecule has 0 fully saturated rings. The number of aliphatic hydroxyl groups is 1. The largest absolute Gasteiger partial charge is 0.496 e. The van der Waals surface area contributed by atoms with Crippen LogP contribution in [-0.4, -0.2) is 30.8 Å². The normalized spacial score (nSPS) is 21.4. The smallest absolute Gasteiger partial charge is 0.225 e. The van der Waals surface area contributed by atoms with E-state index in [-0.39, 0.29) is 24.5 Å². The van der Waals surface area contributed by atoms with E-state index in [2.05, 4.69) is 5.32 Å². The Bertz CT molecular complexity index is 470. The van der Waals surface area contributed by atoms with E-state index in [4.69, 9.17) is 9.84 Å². The van der Waals surface area contributed by atoms with Crippen molar-refractivity contribution in [1.29, 1.82) is 0 Å². The maximum Gasteiger partial charge on any atom is 0.225 e. The van der Waals surface area contributed by atoms with Gasteiger partial charge in [0.2, 0.25) is 5.91 Å². The van der Waals surface area contributed by atoms with Crippen molar-refractivity contribution in [3.8, 4) is 5.75 Å². The summed E-state index contributed by atoms with van der Waals surface area (Å²) in [6.45, 7) is 0.134. The number of ether oxygens (including phenoxy) is 1. The van der Waals surface area contributed by atoms with Crippen LogP contribution >= 0.6 is 0 Å². The Morgan fingerprint density at radius 2 is 2.21 bits per heavy atom.